The Hall–Kier alpha value is -5.76. The molecule has 0 aromatic heterocycles. The largest absolute Gasteiger partial charge is 0.399 e. The topological polar surface area (TPSA) is 140 Å². The van der Waals surface area contributed by atoms with Crippen LogP contribution >= 0.6 is 0 Å². The van der Waals surface area contributed by atoms with Crippen LogP contribution in [0.1, 0.15) is 72.7 Å². The van der Waals surface area contributed by atoms with Crippen LogP contribution in [0.25, 0.3) is 0 Å². The zero-order valence-electron chi connectivity index (χ0n) is 25.4. The first kappa shape index (κ1) is 30.7. The molecule has 0 saturated carbocycles. The first-order valence-corrected chi connectivity index (χ1v) is 14.8. The molecule has 6 N–H and O–H groups in total. The van der Waals surface area contributed by atoms with Gasteiger partial charge >= 0.3 is 0 Å². The van der Waals surface area contributed by atoms with Gasteiger partial charge in [0.05, 0.1) is 24.5 Å². The summed E-state index contributed by atoms with van der Waals surface area (Å²) in [5.74, 6) is -0.455. The highest BCUT2D eigenvalue weighted by Crippen LogP contribution is 2.31. The fourth-order valence-corrected chi connectivity index (χ4v) is 5.46. The number of carbonyl (C=O) groups is 3. The first-order chi connectivity index (χ1) is 21.7. The molecule has 0 bridgehead atoms. The summed E-state index contributed by atoms with van der Waals surface area (Å²) in [6, 6.07) is 21.0. The Morgan fingerprint density at radius 3 is 1.91 bits per heavy atom. The number of ketones is 3. The lowest BCUT2D eigenvalue weighted by molar-refractivity contribution is 0.0979. The van der Waals surface area contributed by atoms with Gasteiger partial charge in [-0.3, -0.25) is 19.4 Å². The minimum atomic E-state index is -0.221. The van der Waals surface area contributed by atoms with Crippen LogP contribution in [-0.4, -0.2) is 36.2 Å². The molecule has 0 fully saturated rings. The number of nitrogens with one attached hydrogen (secondary N) is 2. The molecule has 2 aliphatic rings. The van der Waals surface area contributed by atoms with Crippen molar-refractivity contribution in [2.75, 3.05) is 35.2 Å². The van der Waals surface area contributed by atoms with Gasteiger partial charge in [0, 0.05) is 56.1 Å². The van der Waals surface area contributed by atoms with Gasteiger partial charge in [0.25, 0.3) is 0 Å². The fourth-order valence-electron chi connectivity index (χ4n) is 5.46. The van der Waals surface area contributed by atoms with E-state index in [0.29, 0.717) is 81.4 Å². The number of carbonyl (C=O) groups excluding carboxylic acids is 3. The normalized spacial score (nSPS) is 12.9. The van der Waals surface area contributed by atoms with E-state index in [1.807, 2.05) is 44.2 Å². The molecular weight excluding hydrogens is 562 g/mol. The second kappa shape index (κ2) is 12.9. The number of benzene rings is 4. The third kappa shape index (κ3) is 6.17. The smallest absolute Gasteiger partial charge is 0.194 e. The molecule has 2 aliphatic carbocycles. The van der Waals surface area contributed by atoms with Crippen LogP contribution in [0, 0.1) is 0 Å². The van der Waals surface area contributed by atoms with Crippen molar-refractivity contribution >= 4 is 45.8 Å². The fraction of sp³-hybridized carbons (Fsp3) is 0.135. The van der Waals surface area contributed by atoms with Gasteiger partial charge < -0.3 is 22.1 Å². The highest BCUT2D eigenvalue weighted by molar-refractivity contribution is 6.28. The summed E-state index contributed by atoms with van der Waals surface area (Å²) in [7, 11) is 0. The lowest BCUT2D eigenvalue weighted by atomic mass is 9.83. The summed E-state index contributed by atoms with van der Waals surface area (Å²) in [6.45, 7) is 12.7. The Bertz CT molecular complexity index is 1920. The zero-order chi connectivity index (χ0) is 32.2. The molecule has 0 radical (unpaired) electrons. The Morgan fingerprint density at radius 2 is 1.22 bits per heavy atom. The standard InChI is InChI=1S/C35H29N5O3.C2H6/c1-3-24(18-39-26-8-11-29-32(16-26)35(43)28-9-6-23(37)15-31(28)34(29)42)40-19(2)17-38-25-7-10-27-21(13-25)12-20-4-5-22(36)14-30(20)33(27)41;1-2/h3-11,13-16,38-39H,1-2,12,17-18,36-37H2;1-2H3. The predicted octanol–water partition coefficient (Wildman–Crippen LogP) is 6.45. The van der Waals surface area contributed by atoms with Gasteiger partial charge in [-0.05, 0) is 90.4 Å². The van der Waals surface area contributed by atoms with Crippen molar-refractivity contribution in [1.82, 2.24) is 0 Å². The van der Waals surface area contributed by atoms with Gasteiger partial charge in [-0.1, -0.05) is 33.1 Å². The molecule has 0 aliphatic heterocycles. The number of hydrogen-bond acceptors (Lipinski definition) is 8. The molecule has 0 amide bonds. The van der Waals surface area contributed by atoms with Crippen molar-refractivity contribution < 1.29 is 14.4 Å². The summed E-state index contributed by atoms with van der Waals surface area (Å²) in [5.41, 5.74) is 20.1. The Morgan fingerprint density at radius 1 is 0.689 bits per heavy atom. The van der Waals surface area contributed by atoms with E-state index in [1.54, 1.807) is 48.5 Å². The van der Waals surface area contributed by atoms with E-state index in [1.165, 1.54) is 0 Å². The van der Waals surface area contributed by atoms with E-state index >= 15 is 0 Å². The molecule has 0 heterocycles. The summed E-state index contributed by atoms with van der Waals surface area (Å²) in [4.78, 5) is 43.6. The van der Waals surface area contributed by atoms with Crippen LogP contribution in [-0.2, 0) is 6.42 Å². The molecule has 0 saturated heterocycles. The second-order valence-electron chi connectivity index (χ2n) is 10.6. The summed E-state index contributed by atoms with van der Waals surface area (Å²) >= 11 is 0. The molecule has 8 nitrogen and oxygen atoms in total. The molecule has 4 aromatic rings. The number of nitrogens with two attached hydrogens (primary N) is 2. The Kier molecular flexibility index (Phi) is 8.76. The Balaban J connectivity index is 0.00000196. The highest BCUT2D eigenvalue weighted by atomic mass is 16.1. The zero-order valence-corrected chi connectivity index (χ0v) is 25.4. The molecule has 226 valence electrons. The number of rotatable bonds is 8. The van der Waals surface area contributed by atoms with Crippen molar-refractivity contribution in [3.8, 4) is 0 Å². The molecule has 6 rings (SSSR count). The van der Waals surface area contributed by atoms with Crippen molar-refractivity contribution in [3.63, 3.8) is 0 Å². The van der Waals surface area contributed by atoms with Crippen LogP contribution in [0.3, 0.4) is 0 Å². The molecule has 4 aromatic carbocycles. The summed E-state index contributed by atoms with van der Waals surface area (Å²) < 4.78 is 0. The third-order valence-corrected chi connectivity index (χ3v) is 7.66. The van der Waals surface area contributed by atoms with Gasteiger partial charge in [-0.25, -0.2) is 0 Å². The molecule has 0 spiro atoms. The lowest BCUT2D eigenvalue weighted by Gasteiger charge is -2.20. The van der Waals surface area contributed by atoms with E-state index < -0.39 is 0 Å². The molecular formula is C37H35N5O3. The summed E-state index contributed by atoms with van der Waals surface area (Å²) in [6.07, 6.45) is 2.29. The average Bonchev–Trinajstić information content (AvgIpc) is 3.05. The monoisotopic (exact) mass is 597 g/mol. The third-order valence-electron chi connectivity index (χ3n) is 7.66. The first-order valence-electron chi connectivity index (χ1n) is 14.8. The number of anilines is 4. The van der Waals surface area contributed by atoms with E-state index in [2.05, 4.69) is 28.8 Å². The number of aliphatic imine (C=N–C) groups is 1. The van der Waals surface area contributed by atoms with Gasteiger partial charge in [0.15, 0.2) is 17.3 Å². The maximum Gasteiger partial charge on any atom is 0.194 e. The van der Waals surface area contributed by atoms with Crippen LogP contribution in [0.15, 0.2) is 103 Å². The molecule has 0 unspecified atom stereocenters. The van der Waals surface area contributed by atoms with Crippen molar-refractivity contribution in [2.45, 2.75) is 20.3 Å². The van der Waals surface area contributed by atoms with Crippen molar-refractivity contribution in [1.29, 1.82) is 0 Å². The number of nitrogens with zero attached hydrogens (tertiary/aromatic N) is 1. The Labute approximate surface area is 262 Å². The molecule has 0 atom stereocenters. The minimum Gasteiger partial charge on any atom is -0.399 e. The van der Waals surface area contributed by atoms with Crippen molar-refractivity contribution in [2.24, 2.45) is 4.99 Å². The highest BCUT2D eigenvalue weighted by Gasteiger charge is 2.30. The van der Waals surface area contributed by atoms with E-state index in [-0.39, 0.29) is 17.3 Å². The van der Waals surface area contributed by atoms with E-state index in [0.717, 1.165) is 16.8 Å². The van der Waals surface area contributed by atoms with Crippen LogP contribution in [0.4, 0.5) is 22.7 Å². The maximum absolute atomic E-state index is 13.1. The SMILES string of the molecule is C=CC(CNc1ccc2c(c1)C(=O)c1ccc(N)cc1C2=O)=NC(=C)CNc1ccc2c(c1)Cc1ccc(N)cc1C2=O.CC. The van der Waals surface area contributed by atoms with Gasteiger partial charge in [0.1, 0.15) is 0 Å². The maximum atomic E-state index is 13.1. The average molecular weight is 598 g/mol. The van der Waals surface area contributed by atoms with Crippen LogP contribution in [0.5, 0.6) is 0 Å². The number of nitrogen functional groups attached to an aromatic ring is 2. The van der Waals surface area contributed by atoms with E-state index in [4.69, 9.17) is 11.5 Å². The molecule has 45 heavy (non-hydrogen) atoms. The predicted molar refractivity (Wildman–Crippen MR) is 183 cm³/mol. The van der Waals surface area contributed by atoms with Crippen LogP contribution in [0.2, 0.25) is 0 Å². The second-order valence-corrected chi connectivity index (χ2v) is 10.6. The van der Waals surface area contributed by atoms with Gasteiger partial charge in [-0.2, -0.15) is 0 Å². The quantitative estimate of drug-likeness (QED) is 0.117. The van der Waals surface area contributed by atoms with E-state index in [9.17, 15) is 14.4 Å². The lowest BCUT2D eigenvalue weighted by Crippen LogP contribution is -2.21. The minimum absolute atomic E-state index is 0.0165. The van der Waals surface area contributed by atoms with Gasteiger partial charge in [-0.15, -0.1) is 0 Å². The number of fused-ring (bicyclic) bond motifs is 4. The van der Waals surface area contributed by atoms with Crippen molar-refractivity contribution in [3.05, 3.63) is 142 Å². The molecule has 8 heteroatoms. The number of hydrogen-bond donors (Lipinski definition) is 4. The van der Waals surface area contributed by atoms with Gasteiger partial charge in [0.2, 0.25) is 0 Å². The summed E-state index contributed by atoms with van der Waals surface area (Å²) in [5, 5.41) is 6.59. The van der Waals surface area contributed by atoms with Crippen LogP contribution < -0.4 is 22.1 Å².